The number of para-hydroxylation sites is 1. The SMILES string of the molecule is CN1c2ccc3c4ccccc4n(C)c3c2C2(C)C=CC=CC12. The molecule has 0 radical (unpaired) electrons. The standard InChI is InChI=1S/C21H20N2/c1-21-13-7-6-10-18(21)22(2)17-12-11-15-14-8-4-5-9-16(14)23(3)20(15)19(17)21/h4-13,18H,1-3H3. The zero-order chi connectivity index (χ0) is 15.8. The van der Waals surface area contributed by atoms with Crippen LogP contribution in [0.5, 0.6) is 0 Å². The molecule has 2 atom stereocenters. The van der Waals surface area contributed by atoms with Gasteiger partial charge in [0.2, 0.25) is 0 Å². The molecule has 0 saturated heterocycles. The number of benzene rings is 2. The average molecular weight is 300 g/mol. The van der Waals surface area contributed by atoms with Crippen molar-refractivity contribution in [2.24, 2.45) is 7.05 Å². The molecule has 2 unspecified atom stereocenters. The second-order valence-corrected chi connectivity index (χ2v) is 7.01. The molecular weight excluding hydrogens is 280 g/mol. The summed E-state index contributed by atoms with van der Waals surface area (Å²) in [5.74, 6) is 0. The van der Waals surface area contributed by atoms with Gasteiger partial charge in [-0.1, -0.05) is 48.6 Å². The largest absolute Gasteiger partial charge is 0.367 e. The Morgan fingerprint density at radius 1 is 0.957 bits per heavy atom. The number of hydrogen-bond acceptors (Lipinski definition) is 1. The van der Waals surface area contributed by atoms with Crippen molar-refractivity contribution in [1.82, 2.24) is 4.57 Å². The fraction of sp³-hybridized carbons (Fsp3) is 0.238. The van der Waals surface area contributed by atoms with E-state index in [4.69, 9.17) is 0 Å². The second kappa shape index (κ2) is 4.08. The summed E-state index contributed by atoms with van der Waals surface area (Å²) in [6.45, 7) is 2.37. The zero-order valence-electron chi connectivity index (χ0n) is 13.7. The van der Waals surface area contributed by atoms with E-state index in [1.54, 1.807) is 0 Å². The van der Waals surface area contributed by atoms with Gasteiger partial charge in [-0.15, -0.1) is 0 Å². The number of allylic oxidation sites excluding steroid dienone is 2. The maximum absolute atomic E-state index is 2.42. The second-order valence-electron chi connectivity index (χ2n) is 7.01. The monoisotopic (exact) mass is 300 g/mol. The number of nitrogens with zero attached hydrogens (tertiary/aromatic N) is 2. The van der Waals surface area contributed by atoms with Gasteiger partial charge in [0.25, 0.3) is 0 Å². The molecule has 0 fully saturated rings. The molecule has 5 rings (SSSR count). The molecule has 0 amide bonds. The Bertz CT molecular complexity index is 1020. The quantitative estimate of drug-likeness (QED) is 0.592. The van der Waals surface area contributed by atoms with Crippen molar-refractivity contribution in [3.05, 3.63) is 66.3 Å². The predicted molar refractivity (Wildman–Crippen MR) is 98.2 cm³/mol. The van der Waals surface area contributed by atoms with Crippen LogP contribution < -0.4 is 4.90 Å². The third-order valence-electron chi connectivity index (χ3n) is 5.84. The van der Waals surface area contributed by atoms with Gasteiger partial charge in [-0.3, -0.25) is 0 Å². The molecule has 0 spiro atoms. The number of aryl methyl sites for hydroxylation is 1. The smallest absolute Gasteiger partial charge is 0.0603 e. The number of rotatable bonds is 0. The maximum Gasteiger partial charge on any atom is 0.0603 e. The van der Waals surface area contributed by atoms with E-state index in [-0.39, 0.29) is 5.41 Å². The van der Waals surface area contributed by atoms with Crippen molar-refractivity contribution in [3.8, 4) is 0 Å². The van der Waals surface area contributed by atoms with Crippen LogP contribution in [-0.4, -0.2) is 17.7 Å². The van der Waals surface area contributed by atoms with Crippen molar-refractivity contribution in [2.45, 2.75) is 18.4 Å². The third-order valence-corrected chi connectivity index (χ3v) is 5.84. The minimum atomic E-state index is 0.0283. The lowest BCUT2D eigenvalue weighted by atomic mass is 9.75. The summed E-state index contributed by atoms with van der Waals surface area (Å²) in [6.07, 6.45) is 9.07. The lowest BCUT2D eigenvalue weighted by molar-refractivity contribution is 0.543. The molecule has 2 nitrogen and oxygen atoms in total. The van der Waals surface area contributed by atoms with Gasteiger partial charge in [-0.05, 0) is 19.1 Å². The molecule has 2 aliphatic rings. The van der Waals surface area contributed by atoms with E-state index in [0.717, 1.165) is 0 Å². The van der Waals surface area contributed by atoms with Gasteiger partial charge in [0.1, 0.15) is 0 Å². The van der Waals surface area contributed by atoms with Crippen LogP contribution in [0.4, 0.5) is 5.69 Å². The number of likely N-dealkylation sites (N-methyl/N-ethyl adjacent to an activating group) is 1. The highest BCUT2D eigenvalue weighted by atomic mass is 15.2. The summed E-state index contributed by atoms with van der Waals surface area (Å²) in [7, 11) is 4.41. The number of hydrogen-bond donors (Lipinski definition) is 0. The van der Waals surface area contributed by atoms with E-state index in [2.05, 4.69) is 91.2 Å². The molecule has 23 heavy (non-hydrogen) atoms. The number of aromatic nitrogens is 1. The predicted octanol–water partition coefficient (Wildman–Crippen LogP) is 4.53. The van der Waals surface area contributed by atoms with Gasteiger partial charge in [-0.2, -0.15) is 0 Å². The Morgan fingerprint density at radius 3 is 2.65 bits per heavy atom. The van der Waals surface area contributed by atoms with Crippen LogP contribution >= 0.6 is 0 Å². The first-order chi connectivity index (χ1) is 11.1. The first-order valence-corrected chi connectivity index (χ1v) is 8.22. The van der Waals surface area contributed by atoms with E-state index < -0.39 is 0 Å². The molecule has 1 aliphatic heterocycles. The Kier molecular flexibility index (Phi) is 2.31. The maximum atomic E-state index is 2.42. The Labute approximate surface area is 136 Å². The first-order valence-electron chi connectivity index (χ1n) is 8.22. The van der Waals surface area contributed by atoms with Crippen LogP contribution in [0.1, 0.15) is 12.5 Å². The Morgan fingerprint density at radius 2 is 1.78 bits per heavy atom. The van der Waals surface area contributed by atoms with Crippen molar-refractivity contribution in [3.63, 3.8) is 0 Å². The van der Waals surface area contributed by atoms with E-state index >= 15 is 0 Å². The molecular formula is C21H20N2. The van der Waals surface area contributed by atoms with Crippen molar-refractivity contribution >= 4 is 27.5 Å². The van der Waals surface area contributed by atoms with E-state index in [1.165, 1.54) is 33.1 Å². The molecule has 2 heteroatoms. The van der Waals surface area contributed by atoms with Crippen LogP contribution in [0, 0.1) is 0 Å². The van der Waals surface area contributed by atoms with E-state index in [1.807, 2.05) is 0 Å². The molecule has 2 aromatic carbocycles. The lowest BCUT2D eigenvalue weighted by Gasteiger charge is -2.32. The fourth-order valence-corrected chi connectivity index (χ4v) is 4.72. The van der Waals surface area contributed by atoms with E-state index in [0.29, 0.717) is 6.04 Å². The molecule has 2 heterocycles. The third kappa shape index (κ3) is 1.40. The number of anilines is 1. The molecule has 0 N–H and O–H groups in total. The normalized spacial score (nSPS) is 25.3. The summed E-state index contributed by atoms with van der Waals surface area (Å²) in [4.78, 5) is 2.42. The van der Waals surface area contributed by atoms with E-state index in [9.17, 15) is 0 Å². The van der Waals surface area contributed by atoms with Crippen LogP contribution in [0.2, 0.25) is 0 Å². The number of fused-ring (bicyclic) bond motifs is 7. The van der Waals surface area contributed by atoms with Crippen molar-refractivity contribution in [2.75, 3.05) is 11.9 Å². The van der Waals surface area contributed by atoms with Crippen molar-refractivity contribution in [1.29, 1.82) is 0 Å². The summed E-state index contributed by atoms with van der Waals surface area (Å²) in [6, 6.07) is 13.7. The van der Waals surface area contributed by atoms with Crippen LogP contribution in [0.15, 0.2) is 60.7 Å². The molecule has 3 aromatic rings. The summed E-state index contributed by atoms with van der Waals surface area (Å²) < 4.78 is 2.37. The van der Waals surface area contributed by atoms with Crippen LogP contribution in [-0.2, 0) is 12.5 Å². The fourth-order valence-electron chi connectivity index (χ4n) is 4.72. The topological polar surface area (TPSA) is 8.17 Å². The van der Waals surface area contributed by atoms with Gasteiger partial charge >= 0.3 is 0 Å². The Hall–Kier alpha value is -2.48. The summed E-state index contributed by atoms with van der Waals surface area (Å²) in [5.41, 5.74) is 5.52. The van der Waals surface area contributed by atoms with Crippen LogP contribution in [0.25, 0.3) is 21.8 Å². The molecule has 0 saturated carbocycles. The zero-order valence-corrected chi connectivity index (χ0v) is 13.7. The lowest BCUT2D eigenvalue weighted by Crippen LogP contribution is -2.39. The van der Waals surface area contributed by atoms with Gasteiger partial charge in [-0.25, -0.2) is 0 Å². The average Bonchev–Trinajstić information content (AvgIpc) is 2.99. The molecule has 0 bridgehead atoms. The van der Waals surface area contributed by atoms with Gasteiger partial charge in [0, 0.05) is 47.1 Å². The summed E-state index contributed by atoms with van der Waals surface area (Å²) >= 11 is 0. The minimum Gasteiger partial charge on any atom is -0.367 e. The van der Waals surface area contributed by atoms with Crippen LogP contribution in [0.3, 0.4) is 0 Å². The van der Waals surface area contributed by atoms with Gasteiger partial charge < -0.3 is 9.47 Å². The van der Waals surface area contributed by atoms with Gasteiger partial charge in [0.15, 0.2) is 0 Å². The highest BCUT2D eigenvalue weighted by molar-refractivity contribution is 6.11. The van der Waals surface area contributed by atoms with Crippen molar-refractivity contribution < 1.29 is 0 Å². The van der Waals surface area contributed by atoms with Gasteiger partial charge in [0.05, 0.1) is 11.6 Å². The first kappa shape index (κ1) is 13.0. The molecule has 1 aliphatic carbocycles. The molecule has 1 aromatic heterocycles. The highest BCUT2D eigenvalue weighted by Crippen LogP contribution is 2.51. The minimum absolute atomic E-state index is 0.0283. The highest BCUT2D eigenvalue weighted by Gasteiger charge is 2.46. The molecule has 114 valence electrons. The summed E-state index contributed by atoms with van der Waals surface area (Å²) in [5, 5.41) is 2.71. The Balaban J connectivity index is 1.99.